The number of nitrogens with zero attached hydrogens (tertiary/aromatic N) is 2. The van der Waals surface area contributed by atoms with E-state index in [9.17, 15) is 19.5 Å². The lowest BCUT2D eigenvalue weighted by atomic mass is 9.79. The highest BCUT2D eigenvalue weighted by Gasteiger charge is 2.40. The topological polar surface area (TPSA) is 123 Å². The van der Waals surface area contributed by atoms with Crippen molar-refractivity contribution in [3.63, 3.8) is 0 Å². The smallest absolute Gasteiger partial charge is 0.335 e. The number of nitrogens with two attached hydrogens (primary N) is 1. The molecule has 0 radical (unpaired) electrons. The number of carboxylic acid groups (broad SMARTS) is 1. The predicted molar refractivity (Wildman–Crippen MR) is 156 cm³/mol. The Morgan fingerprint density at radius 3 is 2.56 bits per heavy atom. The Kier molecular flexibility index (Phi) is 7.75. The number of hydrogen-bond donors (Lipinski definition) is 2. The number of rotatable bonds is 9. The third-order valence-electron chi connectivity index (χ3n) is 7.85. The maximum absolute atomic E-state index is 13.9. The summed E-state index contributed by atoms with van der Waals surface area (Å²) < 4.78 is 5.85. The normalized spacial score (nSPS) is 18.6. The Balaban J connectivity index is 1.60. The molecule has 0 fully saturated rings. The average molecular weight is 552 g/mol. The van der Waals surface area contributed by atoms with E-state index in [4.69, 9.17) is 10.5 Å². The van der Waals surface area contributed by atoms with Gasteiger partial charge >= 0.3 is 11.9 Å². The van der Waals surface area contributed by atoms with Crippen molar-refractivity contribution in [3.8, 4) is 0 Å². The Bertz CT molecular complexity index is 1610. The van der Waals surface area contributed by atoms with Gasteiger partial charge < -0.3 is 20.5 Å². The van der Waals surface area contributed by atoms with Gasteiger partial charge in [-0.25, -0.2) is 4.79 Å². The number of amides is 1. The Labute approximate surface area is 238 Å². The van der Waals surface area contributed by atoms with E-state index in [1.165, 1.54) is 0 Å². The van der Waals surface area contributed by atoms with Crippen molar-refractivity contribution in [2.75, 3.05) is 7.05 Å². The molecule has 3 atom stereocenters. The first-order chi connectivity index (χ1) is 19.6. The first kappa shape index (κ1) is 27.8. The summed E-state index contributed by atoms with van der Waals surface area (Å²) in [7, 11) is 1.92. The second-order valence-electron chi connectivity index (χ2n) is 10.9. The molecule has 210 valence electrons. The molecular weight excluding hydrogens is 518 g/mol. The molecule has 0 spiro atoms. The van der Waals surface area contributed by atoms with Crippen molar-refractivity contribution in [2.24, 2.45) is 17.6 Å². The monoisotopic (exact) mass is 551 g/mol. The van der Waals surface area contributed by atoms with Gasteiger partial charge in [0, 0.05) is 36.3 Å². The number of hydrogen-bond acceptors (Lipinski definition) is 6. The molecule has 1 aliphatic heterocycles. The number of benzene rings is 2. The van der Waals surface area contributed by atoms with Crippen LogP contribution in [0.4, 0.5) is 0 Å². The van der Waals surface area contributed by atoms with Crippen molar-refractivity contribution in [3.05, 3.63) is 113 Å². The van der Waals surface area contributed by atoms with Gasteiger partial charge in [-0.15, -0.1) is 0 Å². The van der Waals surface area contributed by atoms with Gasteiger partial charge in [-0.2, -0.15) is 0 Å². The van der Waals surface area contributed by atoms with E-state index in [-0.39, 0.29) is 36.5 Å². The number of carboxylic acids is 1. The van der Waals surface area contributed by atoms with Crippen LogP contribution in [0, 0.1) is 11.8 Å². The zero-order valence-corrected chi connectivity index (χ0v) is 23.3. The van der Waals surface area contributed by atoms with Gasteiger partial charge in [0.2, 0.25) is 5.91 Å². The van der Waals surface area contributed by atoms with Crippen molar-refractivity contribution in [1.29, 1.82) is 0 Å². The van der Waals surface area contributed by atoms with E-state index in [0.29, 0.717) is 16.7 Å². The maximum Gasteiger partial charge on any atom is 0.335 e. The van der Waals surface area contributed by atoms with E-state index in [2.05, 4.69) is 4.98 Å². The summed E-state index contributed by atoms with van der Waals surface area (Å²) >= 11 is 0. The summed E-state index contributed by atoms with van der Waals surface area (Å²) in [6, 6.07) is 14.5. The van der Waals surface area contributed by atoms with Crippen LogP contribution in [0.5, 0.6) is 0 Å². The number of pyridine rings is 1. The van der Waals surface area contributed by atoms with Crippen LogP contribution in [-0.2, 0) is 27.4 Å². The number of ether oxygens (including phenoxy) is 1. The van der Waals surface area contributed by atoms with Crippen molar-refractivity contribution in [2.45, 2.75) is 38.8 Å². The van der Waals surface area contributed by atoms with Gasteiger partial charge in [0.15, 0.2) is 0 Å². The van der Waals surface area contributed by atoms with E-state index in [1.54, 1.807) is 30.5 Å². The molecule has 3 aromatic rings. The van der Waals surface area contributed by atoms with Crippen LogP contribution < -0.4 is 5.73 Å². The Hall–Kier alpha value is -4.72. The second kappa shape index (κ2) is 11.4. The fourth-order valence-electron chi connectivity index (χ4n) is 5.76. The minimum Gasteiger partial charge on any atom is -0.478 e. The Morgan fingerprint density at radius 2 is 1.88 bits per heavy atom. The van der Waals surface area contributed by atoms with Crippen molar-refractivity contribution >= 4 is 28.7 Å². The van der Waals surface area contributed by atoms with Crippen molar-refractivity contribution < 1.29 is 24.2 Å². The summed E-state index contributed by atoms with van der Waals surface area (Å²) in [4.78, 5) is 44.7. The number of carbonyl (C=O) groups is 3. The third kappa shape index (κ3) is 5.63. The largest absolute Gasteiger partial charge is 0.478 e. The fraction of sp³-hybridized carbons (Fsp3) is 0.273. The highest BCUT2D eigenvalue weighted by Crippen LogP contribution is 2.40. The highest BCUT2D eigenvalue weighted by atomic mass is 16.5. The summed E-state index contributed by atoms with van der Waals surface area (Å²) in [5, 5.41) is 10.7. The van der Waals surface area contributed by atoms with Gasteiger partial charge in [0.25, 0.3) is 0 Å². The summed E-state index contributed by atoms with van der Waals surface area (Å²) in [5.41, 5.74) is 10.0. The molecule has 2 aliphatic rings. The average Bonchev–Trinajstić information content (AvgIpc) is 3.29. The number of aromatic carboxylic acids is 1. The molecule has 3 unspecified atom stereocenters. The molecule has 5 rings (SSSR count). The van der Waals surface area contributed by atoms with Gasteiger partial charge in [0.05, 0.1) is 23.0 Å². The van der Waals surface area contributed by atoms with Crippen LogP contribution in [0.2, 0.25) is 0 Å². The third-order valence-corrected chi connectivity index (χ3v) is 7.85. The molecule has 1 amide bonds. The predicted octanol–water partition coefficient (Wildman–Crippen LogP) is 4.75. The molecule has 2 aromatic carbocycles. The van der Waals surface area contributed by atoms with Gasteiger partial charge in [-0.05, 0) is 52.8 Å². The first-order valence-electron chi connectivity index (χ1n) is 13.6. The molecule has 0 bridgehead atoms. The summed E-state index contributed by atoms with van der Waals surface area (Å²) in [5.74, 6) is -2.93. The number of esters is 1. The fourth-order valence-corrected chi connectivity index (χ4v) is 5.76. The van der Waals surface area contributed by atoms with Crippen molar-refractivity contribution in [1.82, 2.24) is 9.88 Å². The van der Waals surface area contributed by atoms with Crippen LogP contribution >= 0.6 is 0 Å². The summed E-state index contributed by atoms with van der Waals surface area (Å²) in [6.07, 6.45) is 9.24. The lowest BCUT2D eigenvalue weighted by Crippen LogP contribution is -2.32. The zero-order valence-electron chi connectivity index (χ0n) is 23.3. The second-order valence-corrected chi connectivity index (χ2v) is 10.9. The molecule has 8 nitrogen and oxygen atoms in total. The molecule has 2 heterocycles. The quantitative estimate of drug-likeness (QED) is 0.368. The van der Waals surface area contributed by atoms with E-state index < -0.39 is 23.8 Å². The molecule has 0 saturated carbocycles. The minimum atomic E-state index is -1.05. The standard InChI is InChI=1S/C33H33N3O5/c1-19(2)24-11-12-35-30-22(13-23(32(38)39)16-26(24)30)15-27(33(40)41-18-20-7-5-4-6-8-20)28-17-36(3)29-10-9-21(31(34)37)14-25(28)29/h4-14,16-17,19,25,27,29H,15,18H2,1-3H3,(H2,34,37)(H,38,39). The molecule has 8 heteroatoms. The lowest BCUT2D eigenvalue weighted by molar-refractivity contribution is -0.148. The number of carbonyl (C=O) groups excluding carboxylic acids is 2. The van der Waals surface area contributed by atoms with E-state index in [1.807, 2.05) is 74.5 Å². The first-order valence-corrected chi connectivity index (χ1v) is 13.6. The minimum absolute atomic E-state index is 0.0923. The molecule has 0 saturated heterocycles. The van der Waals surface area contributed by atoms with E-state index in [0.717, 1.165) is 22.1 Å². The highest BCUT2D eigenvalue weighted by molar-refractivity contribution is 5.97. The number of primary amides is 1. The molecule has 1 aromatic heterocycles. The van der Waals surface area contributed by atoms with Gasteiger partial charge in [-0.3, -0.25) is 14.6 Å². The maximum atomic E-state index is 13.9. The van der Waals surface area contributed by atoms with Gasteiger partial charge in [0.1, 0.15) is 6.61 Å². The molecule has 1 aliphatic carbocycles. The molecular formula is C33H33N3O5. The zero-order chi connectivity index (χ0) is 29.3. The SMILES string of the molecule is CC(C)c1ccnc2c(CC(C(=O)OCc3ccccc3)C3=CN(C)C4C=CC(C(N)=O)=CC34)cc(C(=O)O)cc12. The molecule has 3 N–H and O–H groups in total. The number of fused-ring (bicyclic) bond motifs is 2. The number of likely N-dealkylation sites (N-methyl/N-ethyl adjacent to an activating group) is 1. The van der Waals surface area contributed by atoms with Crippen LogP contribution in [0.3, 0.4) is 0 Å². The van der Waals surface area contributed by atoms with Crippen LogP contribution in [0.25, 0.3) is 10.9 Å². The Morgan fingerprint density at radius 1 is 1.12 bits per heavy atom. The number of aromatic nitrogens is 1. The lowest BCUT2D eigenvalue weighted by Gasteiger charge is -2.28. The van der Waals surface area contributed by atoms with E-state index >= 15 is 0 Å². The molecule has 41 heavy (non-hydrogen) atoms. The van der Waals surface area contributed by atoms with Crippen LogP contribution in [0.15, 0.2) is 90.3 Å². The van der Waals surface area contributed by atoms with Gasteiger partial charge in [-0.1, -0.05) is 62.4 Å². The van der Waals surface area contributed by atoms with Crippen LogP contribution in [-0.4, -0.2) is 45.9 Å². The van der Waals surface area contributed by atoms with Crippen LogP contribution in [0.1, 0.15) is 46.8 Å². The summed E-state index contributed by atoms with van der Waals surface area (Å²) in [6.45, 7) is 4.19.